The second-order valence-electron chi connectivity index (χ2n) is 4.09. The third-order valence-electron chi connectivity index (χ3n) is 2.53. The van der Waals surface area contributed by atoms with Gasteiger partial charge in [0.15, 0.2) is 6.61 Å². The van der Waals surface area contributed by atoms with Gasteiger partial charge in [0.1, 0.15) is 5.75 Å². The van der Waals surface area contributed by atoms with Gasteiger partial charge in [0.2, 0.25) is 0 Å². The number of aromatic amines is 1. The van der Waals surface area contributed by atoms with Crippen molar-refractivity contribution in [1.82, 2.24) is 15.1 Å². The van der Waals surface area contributed by atoms with Gasteiger partial charge in [0, 0.05) is 25.9 Å². The van der Waals surface area contributed by atoms with Crippen LogP contribution < -0.4 is 4.74 Å². The molecule has 0 atom stereocenters. The maximum absolute atomic E-state index is 11.4. The molecule has 18 heavy (non-hydrogen) atoms. The number of nitrogens with one attached hydrogen (secondary N) is 1. The van der Waals surface area contributed by atoms with Crippen LogP contribution in [-0.4, -0.2) is 41.7 Å². The van der Waals surface area contributed by atoms with Gasteiger partial charge in [0.05, 0.1) is 6.20 Å². The number of benzene rings is 1. The molecule has 94 valence electrons. The van der Waals surface area contributed by atoms with Gasteiger partial charge < -0.3 is 9.64 Å². The molecule has 0 aliphatic rings. The number of rotatable bonds is 4. The highest BCUT2D eigenvalue weighted by Gasteiger charge is 2.06. The first-order chi connectivity index (χ1) is 8.66. The van der Waals surface area contributed by atoms with Crippen molar-refractivity contribution in [2.24, 2.45) is 0 Å². The quantitative estimate of drug-likeness (QED) is 0.889. The lowest BCUT2D eigenvalue weighted by Gasteiger charge is -2.11. The predicted octanol–water partition coefficient (Wildman–Crippen LogP) is 1.54. The lowest BCUT2D eigenvalue weighted by atomic mass is 10.1. The fourth-order valence-corrected chi connectivity index (χ4v) is 1.45. The molecule has 5 nitrogen and oxygen atoms in total. The highest BCUT2D eigenvalue weighted by Crippen LogP contribution is 2.22. The molecule has 0 aliphatic heterocycles. The standard InChI is InChI=1S/C13H15N3O2/c1-16(2)13(17)9-18-12-5-3-4-10(6-12)11-7-14-15-8-11/h3-8H,9H2,1-2H3,(H,14,15). The predicted molar refractivity (Wildman–Crippen MR) is 68.2 cm³/mol. The molecule has 0 aliphatic carbocycles. The molecule has 2 rings (SSSR count). The second-order valence-corrected chi connectivity index (χ2v) is 4.09. The van der Waals surface area contributed by atoms with Crippen molar-refractivity contribution in [2.45, 2.75) is 0 Å². The molecule has 1 amide bonds. The van der Waals surface area contributed by atoms with Crippen LogP contribution in [-0.2, 0) is 4.79 Å². The Bertz CT molecular complexity index is 521. The van der Waals surface area contributed by atoms with Crippen LogP contribution in [0.2, 0.25) is 0 Å². The SMILES string of the molecule is CN(C)C(=O)COc1cccc(-c2cn[nH]c2)c1. The van der Waals surface area contributed by atoms with Crippen LogP contribution in [0.15, 0.2) is 36.7 Å². The van der Waals surface area contributed by atoms with Crippen LogP contribution in [0.5, 0.6) is 5.75 Å². The summed E-state index contributed by atoms with van der Waals surface area (Å²) < 4.78 is 5.45. The largest absolute Gasteiger partial charge is 0.484 e. The number of hydrogen-bond donors (Lipinski definition) is 1. The maximum Gasteiger partial charge on any atom is 0.259 e. The summed E-state index contributed by atoms with van der Waals surface area (Å²) in [6.07, 6.45) is 3.55. The van der Waals surface area contributed by atoms with E-state index in [2.05, 4.69) is 10.2 Å². The molecule has 1 aromatic heterocycles. The number of likely N-dealkylation sites (N-methyl/N-ethyl adjacent to an activating group) is 1. The van der Waals surface area contributed by atoms with Gasteiger partial charge in [0.25, 0.3) is 5.91 Å². The fraction of sp³-hybridized carbons (Fsp3) is 0.231. The van der Waals surface area contributed by atoms with Gasteiger partial charge in [-0.15, -0.1) is 0 Å². The summed E-state index contributed by atoms with van der Waals surface area (Å²) in [6.45, 7) is 0.0435. The Morgan fingerprint density at radius 2 is 2.22 bits per heavy atom. The average Bonchev–Trinajstić information content (AvgIpc) is 2.90. The molecular formula is C13H15N3O2. The van der Waals surface area contributed by atoms with Crippen molar-refractivity contribution < 1.29 is 9.53 Å². The van der Waals surface area contributed by atoms with Crippen molar-refractivity contribution >= 4 is 5.91 Å². The zero-order valence-corrected chi connectivity index (χ0v) is 10.4. The molecule has 0 saturated carbocycles. The maximum atomic E-state index is 11.4. The van der Waals surface area contributed by atoms with Crippen LogP contribution in [0.4, 0.5) is 0 Å². The summed E-state index contributed by atoms with van der Waals surface area (Å²) in [5.41, 5.74) is 1.98. The summed E-state index contributed by atoms with van der Waals surface area (Å²) in [7, 11) is 3.40. The van der Waals surface area contributed by atoms with E-state index in [1.165, 1.54) is 4.90 Å². The number of aromatic nitrogens is 2. The third-order valence-corrected chi connectivity index (χ3v) is 2.53. The van der Waals surface area contributed by atoms with Gasteiger partial charge in [-0.3, -0.25) is 9.89 Å². The minimum Gasteiger partial charge on any atom is -0.484 e. The van der Waals surface area contributed by atoms with Gasteiger partial charge in [-0.1, -0.05) is 12.1 Å². The van der Waals surface area contributed by atoms with E-state index in [1.807, 2.05) is 30.5 Å². The minimum absolute atomic E-state index is 0.0435. The number of H-pyrrole nitrogens is 1. The normalized spacial score (nSPS) is 10.1. The van der Waals surface area contributed by atoms with Crippen LogP contribution in [0.3, 0.4) is 0 Å². The summed E-state index contributed by atoms with van der Waals surface area (Å²) in [5.74, 6) is 0.604. The molecule has 0 unspecified atom stereocenters. The molecule has 0 bridgehead atoms. The number of amides is 1. The van der Waals surface area contributed by atoms with Gasteiger partial charge in [-0.2, -0.15) is 5.10 Å². The van der Waals surface area contributed by atoms with Crippen molar-refractivity contribution in [3.8, 4) is 16.9 Å². The molecule has 1 heterocycles. The number of carbonyl (C=O) groups is 1. The molecule has 0 saturated heterocycles. The monoisotopic (exact) mass is 245 g/mol. The number of nitrogens with zero attached hydrogens (tertiary/aromatic N) is 2. The van der Waals surface area contributed by atoms with Crippen molar-refractivity contribution in [2.75, 3.05) is 20.7 Å². The molecule has 2 aromatic rings. The van der Waals surface area contributed by atoms with Crippen molar-refractivity contribution in [3.63, 3.8) is 0 Å². The number of ether oxygens (including phenoxy) is 1. The van der Waals surface area contributed by atoms with E-state index in [9.17, 15) is 4.79 Å². The van der Waals surface area contributed by atoms with Crippen LogP contribution in [0.25, 0.3) is 11.1 Å². The molecule has 0 fully saturated rings. The molecule has 5 heteroatoms. The minimum atomic E-state index is -0.0660. The Kier molecular flexibility index (Phi) is 3.62. The van der Waals surface area contributed by atoms with Gasteiger partial charge >= 0.3 is 0 Å². The first-order valence-electron chi connectivity index (χ1n) is 5.59. The van der Waals surface area contributed by atoms with E-state index in [1.54, 1.807) is 20.3 Å². The summed E-state index contributed by atoms with van der Waals surface area (Å²) in [4.78, 5) is 12.9. The summed E-state index contributed by atoms with van der Waals surface area (Å²) >= 11 is 0. The topological polar surface area (TPSA) is 58.2 Å². The lowest BCUT2D eigenvalue weighted by molar-refractivity contribution is -0.130. The van der Waals surface area contributed by atoms with E-state index in [4.69, 9.17) is 4.74 Å². The molecule has 0 spiro atoms. The lowest BCUT2D eigenvalue weighted by Crippen LogP contribution is -2.27. The smallest absolute Gasteiger partial charge is 0.259 e. The van der Waals surface area contributed by atoms with E-state index in [-0.39, 0.29) is 12.5 Å². The van der Waals surface area contributed by atoms with E-state index < -0.39 is 0 Å². The Hall–Kier alpha value is -2.30. The Labute approximate surface area is 105 Å². The number of carbonyl (C=O) groups excluding carboxylic acids is 1. The van der Waals surface area contributed by atoms with E-state index in [0.717, 1.165) is 11.1 Å². The summed E-state index contributed by atoms with van der Waals surface area (Å²) in [6, 6.07) is 7.56. The van der Waals surface area contributed by atoms with Crippen molar-refractivity contribution in [3.05, 3.63) is 36.7 Å². The number of hydrogen-bond acceptors (Lipinski definition) is 3. The molecule has 1 N–H and O–H groups in total. The Morgan fingerprint density at radius 1 is 1.39 bits per heavy atom. The zero-order valence-electron chi connectivity index (χ0n) is 10.4. The molecule has 0 radical (unpaired) electrons. The Morgan fingerprint density at radius 3 is 2.89 bits per heavy atom. The summed E-state index contributed by atoms with van der Waals surface area (Å²) in [5, 5.41) is 6.66. The van der Waals surface area contributed by atoms with Crippen LogP contribution in [0, 0.1) is 0 Å². The van der Waals surface area contributed by atoms with Gasteiger partial charge in [-0.25, -0.2) is 0 Å². The van der Waals surface area contributed by atoms with E-state index in [0.29, 0.717) is 5.75 Å². The van der Waals surface area contributed by atoms with Crippen molar-refractivity contribution in [1.29, 1.82) is 0 Å². The highest BCUT2D eigenvalue weighted by molar-refractivity contribution is 5.77. The first kappa shape index (κ1) is 12.2. The fourth-order valence-electron chi connectivity index (χ4n) is 1.45. The third kappa shape index (κ3) is 2.88. The molecule has 1 aromatic carbocycles. The molecular weight excluding hydrogens is 230 g/mol. The average molecular weight is 245 g/mol. The van der Waals surface area contributed by atoms with Crippen LogP contribution >= 0.6 is 0 Å². The first-order valence-corrected chi connectivity index (χ1v) is 5.59. The highest BCUT2D eigenvalue weighted by atomic mass is 16.5. The van der Waals surface area contributed by atoms with E-state index >= 15 is 0 Å². The second kappa shape index (κ2) is 5.35. The zero-order chi connectivity index (χ0) is 13.0. The van der Waals surface area contributed by atoms with Gasteiger partial charge in [-0.05, 0) is 17.7 Å². The Balaban J connectivity index is 2.06. The van der Waals surface area contributed by atoms with Crippen LogP contribution in [0.1, 0.15) is 0 Å².